The third-order valence-electron chi connectivity index (χ3n) is 4.30. The highest BCUT2D eigenvalue weighted by molar-refractivity contribution is 9.10. The highest BCUT2D eigenvalue weighted by Crippen LogP contribution is 2.35. The van der Waals surface area contributed by atoms with Gasteiger partial charge in [-0.05, 0) is 60.5 Å². The van der Waals surface area contributed by atoms with E-state index in [0.29, 0.717) is 0 Å². The van der Waals surface area contributed by atoms with Crippen molar-refractivity contribution in [2.24, 2.45) is 0 Å². The summed E-state index contributed by atoms with van der Waals surface area (Å²) in [6, 6.07) is 25.3. The second-order valence-electron chi connectivity index (χ2n) is 6.27. The van der Waals surface area contributed by atoms with Gasteiger partial charge in [-0.25, -0.2) is 0 Å². The predicted octanol–water partition coefficient (Wildman–Crippen LogP) is 7.82. The third-order valence-corrected chi connectivity index (χ3v) is 4.75. The van der Waals surface area contributed by atoms with E-state index in [0.717, 1.165) is 27.1 Å². The normalized spacial score (nSPS) is 11.1. The van der Waals surface area contributed by atoms with Gasteiger partial charge in [0.15, 0.2) is 0 Å². The van der Waals surface area contributed by atoms with Gasteiger partial charge in [-0.3, -0.25) is 0 Å². The van der Waals surface area contributed by atoms with Crippen molar-refractivity contribution in [2.45, 2.75) is 6.92 Å². The van der Waals surface area contributed by atoms with Gasteiger partial charge in [0.1, 0.15) is 0 Å². The molecule has 1 nitrogen and oxygen atoms in total. The molecule has 0 fully saturated rings. The Hall–Kier alpha value is -2.84. The molecule has 3 rings (SSSR count). The van der Waals surface area contributed by atoms with Crippen LogP contribution in [-0.4, -0.2) is 0 Å². The first kappa shape index (κ1) is 18.9. The molecule has 0 unspecified atom stereocenters. The van der Waals surface area contributed by atoms with Crippen LogP contribution in [0.25, 0.3) is 11.1 Å². The number of allylic oxidation sites excluding steroid dienone is 3. The molecule has 0 aliphatic heterocycles. The summed E-state index contributed by atoms with van der Waals surface area (Å²) in [5.74, 6) is 0. The summed E-state index contributed by atoms with van der Waals surface area (Å²) in [7, 11) is 0. The zero-order valence-corrected chi connectivity index (χ0v) is 17.0. The van der Waals surface area contributed by atoms with Gasteiger partial charge in [0, 0.05) is 21.5 Å². The van der Waals surface area contributed by atoms with Crippen molar-refractivity contribution < 1.29 is 0 Å². The fourth-order valence-corrected chi connectivity index (χ4v) is 3.48. The van der Waals surface area contributed by atoms with E-state index in [9.17, 15) is 0 Å². The average Bonchev–Trinajstić information content (AvgIpc) is 2.68. The number of para-hydroxylation sites is 1. The van der Waals surface area contributed by atoms with Gasteiger partial charge in [0.2, 0.25) is 0 Å². The molecule has 2 heteroatoms. The summed E-state index contributed by atoms with van der Waals surface area (Å²) in [6.45, 7) is 9.94. The number of nitrogens with zero attached hydrogens (tertiary/aromatic N) is 1. The van der Waals surface area contributed by atoms with Crippen LogP contribution >= 0.6 is 15.9 Å². The molecule has 0 atom stereocenters. The molecule has 0 amide bonds. The van der Waals surface area contributed by atoms with Crippen molar-refractivity contribution in [3.05, 3.63) is 120 Å². The first-order chi connectivity index (χ1) is 13.1. The fraction of sp³-hybridized carbons (Fsp3) is 0.0400. The van der Waals surface area contributed by atoms with E-state index in [-0.39, 0.29) is 0 Å². The molecule has 0 aliphatic carbocycles. The minimum Gasteiger partial charge on any atom is -0.310 e. The summed E-state index contributed by atoms with van der Waals surface area (Å²) >= 11 is 3.68. The van der Waals surface area contributed by atoms with Crippen molar-refractivity contribution >= 4 is 27.3 Å². The highest BCUT2D eigenvalue weighted by atomic mass is 79.9. The predicted molar refractivity (Wildman–Crippen MR) is 121 cm³/mol. The SMILES string of the molecule is C=C/C=C(\C=C)N(c1ccccc1)c1cc(Br)cc(-c2ccc(C)cc2)c1. The number of hydrogen-bond donors (Lipinski definition) is 0. The van der Waals surface area contributed by atoms with Crippen molar-refractivity contribution in [1.29, 1.82) is 0 Å². The smallest absolute Gasteiger partial charge is 0.0479 e. The molecule has 0 bridgehead atoms. The zero-order chi connectivity index (χ0) is 19.2. The largest absolute Gasteiger partial charge is 0.310 e. The molecule has 134 valence electrons. The van der Waals surface area contributed by atoms with E-state index in [2.05, 4.69) is 95.5 Å². The van der Waals surface area contributed by atoms with E-state index in [1.807, 2.05) is 30.4 Å². The summed E-state index contributed by atoms with van der Waals surface area (Å²) < 4.78 is 1.03. The first-order valence-corrected chi connectivity index (χ1v) is 9.59. The lowest BCUT2D eigenvalue weighted by molar-refractivity contribution is 1.21. The van der Waals surface area contributed by atoms with Gasteiger partial charge in [0.25, 0.3) is 0 Å². The van der Waals surface area contributed by atoms with E-state index in [4.69, 9.17) is 0 Å². The lowest BCUT2D eigenvalue weighted by Crippen LogP contribution is -2.15. The number of anilines is 2. The average molecular weight is 416 g/mol. The number of hydrogen-bond acceptors (Lipinski definition) is 1. The molecule has 3 aromatic rings. The summed E-state index contributed by atoms with van der Waals surface area (Å²) in [5.41, 5.74) is 6.68. The first-order valence-electron chi connectivity index (χ1n) is 8.80. The number of benzene rings is 3. The standard InChI is InChI=1S/C25H22BrN/c1-4-9-23(5-2)27(24-10-7-6-8-11-24)25-17-21(16-22(26)18-25)20-14-12-19(3)13-15-20/h4-18H,1-2H2,3H3/b23-9+. The van der Waals surface area contributed by atoms with Gasteiger partial charge in [-0.1, -0.05) is 83.2 Å². The number of aryl methyl sites for hydroxylation is 1. The molecule has 0 saturated carbocycles. The molecule has 3 aromatic carbocycles. The number of rotatable bonds is 6. The second kappa shape index (κ2) is 8.70. The van der Waals surface area contributed by atoms with Crippen LogP contribution in [-0.2, 0) is 0 Å². The molecule has 27 heavy (non-hydrogen) atoms. The minimum absolute atomic E-state index is 0.962. The van der Waals surface area contributed by atoms with Crippen LogP contribution in [0.3, 0.4) is 0 Å². The molecule has 0 radical (unpaired) electrons. The Morgan fingerprint density at radius 3 is 2.19 bits per heavy atom. The maximum Gasteiger partial charge on any atom is 0.0479 e. The lowest BCUT2D eigenvalue weighted by Gasteiger charge is -2.27. The molecule has 0 spiro atoms. The fourth-order valence-electron chi connectivity index (χ4n) is 2.99. The maximum absolute atomic E-state index is 3.99. The van der Waals surface area contributed by atoms with Crippen LogP contribution in [0.1, 0.15) is 5.56 Å². The highest BCUT2D eigenvalue weighted by Gasteiger charge is 2.14. The van der Waals surface area contributed by atoms with Crippen molar-refractivity contribution in [3.8, 4) is 11.1 Å². The molecular formula is C25H22BrN. The molecule has 0 saturated heterocycles. The van der Waals surface area contributed by atoms with Gasteiger partial charge >= 0.3 is 0 Å². The molecule has 0 heterocycles. The quantitative estimate of drug-likeness (QED) is 0.370. The van der Waals surface area contributed by atoms with Crippen LogP contribution in [0.4, 0.5) is 11.4 Å². The topological polar surface area (TPSA) is 3.24 Å². The van der Waals surface area contributed by atoms with Gasteiger partial charge in [-0.15, -0.1) is 0 Å². The molecule has 0 N–H and O–H groups in total. The summed E-state index contributed by atoms with van der Waals surface area (Å²) in [6.07, 6.45) is 5.60. The molecule has 0 aliphatic rings. The van der Waals surface area contributed by atoms with Crippen LogP contribution in [0.2, 0.25) is 0 Å². The van der Waals surface area contributed by atoms with Gasteiger partial charge in [-0.2, -0.15) is 0 Å². The Kier molecular flexibility index (Phi) is 6.10. The van der Waals surface area contributed by atoms with E-state index < -0.39 is 0 Å². The van der Waals surface area contributed by atoms with Crippen LogP contribution in [0.15, 0.2) is 114 Å². The Morgan fingerprint density at radius 2 is 1.56 bits per heavy atom. The minimum atomic E-state index is 0.962. The van der Waals surface area contributed by atoms with Crippen molar-refractivity contribution in [3.63, 3.8) is 0 Å². The van der Waals surface area contributed by atoms with Gasteiger partial charge < -0.3 is 4.90 Å². The molecular weight excluding hydrogens is 394 g/mol. The van der Waals surface area contributed by atoms with Crippen molar-refractivity contribution in [1.82, 2.24) is 0 Å². The second-order valence-corrected chi connectivity index (χ2v) is 7.18. The summed E-state index contributed by atoms with van der Waals surface area (Å²) in [5, 5.41) is 0. The Bertz CT molecular complexity index is 969. The van der Waals surface area contributed by atoms with Crippen LogP contribution < -0.4 is 4.90 Å². The van der Waals surface area contributed by atoms with Crippen molar-refractivity contribution in [2.75, 3.05) is 4.90 Å². The van der Waals surface area contributed by atoms with Crippen LogP contribution in [0.5, 0.6) is 0 Å². The molecule has 0 aromatic heterocycles. The Morgan fingerprint density at radius 1 is 0.852 bits per heavy atom. The zero-order valence-electron chi connectivity index (χ0n) is 15.4. The number of halogens is 1. The van der Waals surface area contributed by atoms with Gasteiger partial charge in [0.05, 0.1) is 0 Å². The van der Waals surface area contributed by atoms with E-state index in [1.54, 1.807) is 6.08 Å². The maximum atomic E-state index is 3.99. The monoisotopic (exact) mass is 415 g/mol. The Balaban J connectivity index is 2.17. The lowest BCUT2D eigenvalue weighted by atomic mass is 10.0. The summed E-state index contributed by atoms with van der Waals surface area (Å²) in [4.78, 5) is 2.18. The third kappa shape index (κ3) is 4.47. The van der Waals surface area contributed by atoms with E-state index in [1.165, 1.54) is 11.1 Å². The van der Waals surface area contributed by atoms with Crippen LogP contribution in [0, 0.1) is 6.92 Å². The Labute approximate surface area is 170 Å². The van der Waals surface area contributed by atoms with E-state index >= 15 is 0 Å².